The van der Waals surface area contributed by atoms with Crippen LogP contribution in [-0.2, 0) is 14.4 Å². The van der Waals surface area contributed by atoms with E-state index in [1.54, 1.807) is 0 Å². The van der Waals surface area contributed by atoms with Gasteiger partial charge in [-0.3, -0.25) is 15.1 Å². The fourth-order valence-electron chi connectivity index (χ4n) is 4.97. The summed E-state index contributed by atoms with van der Waals surface area (Å²) in [5.74, 6) is 0.129. The third kappa shape index (κ3) is 5.66. The molecule has 1 aromatic rings. The van der Waals surface area contributed by atoms with Gasteiger partial charge in [0, 0.05) is 38.0 Å². The standard InChI is InChI=1S/C24H34N4O4/c1-16-13-28(14-17(2)31-16)24(25)20-5-3-19(4-6-20)22-12-21(32-26-22)15-27-9-7-18(8-10-27)11-23(29)30/h3-6,16-18,21,25H,7-15H2,1-2H3,(H,29,30). The highest BCUT2D eigenvalue weighted by Crippen LogP contribution is 2.24. The van der Waals surface area contributed by atoms with Crippen molar-refractivity contribution in [2.45, 2.75) is 57.8 Å². The second-order valence-electron chi connectivity index (χ2n) is 9.40. The summed E-state index contributed by atoms with van der Waals surface area (Å²) in [6, 6.07) is 8.04. The summed E-state index contributed by atoms with van der Waals surface area (Å²) in [7, 11) is 0. The molecular formula is C24H34N4O4. The van der Waals surface area contributed by atoms with Crippen LogP contribution in [-0.4, -0.2) is 83.5 Å². The van der Waals surface area contributed by atoms with E-state index < -0.39 is 5.97 Å². The maximum Gasteiger partial charge on any atom is 0.303 e. The van der Waals surface area contributed by atoms with Gasteiger partial charge in [-0.2, -0.15) is 0 Å². The molecule has 2 saturated heterocycles. The van der Waals surface area contributed by atoms with E-state index in [1.807, 2.05) is 38.1 Å². The molecule has 3 heterocycles. The van der Waals surface area contributed by atoms with Crippen molar-refractivity contribution in [1.29, 1.82) is 5.41 Å². The van der Waals surface area contributed by atoms with Crippen LogP contribution in [0.25, 0.3) is 0 Å². The topological polar surface area (TPSA) is 98.5 Å². The first kappa shape index (κ1) is 22.7. The monoisotopic (exact) mass is 442 g/mol. The molecule has 32 heavy (non-hydrogen) atoms. The van der Waals surface area contributed by atoms with Crippen LogP contribution in [0.3, 0.4) is 0 Å². The van der Waals surface area contributed by atoms with Crippen molar-refractivity contribution in [2.75, 3.05) is 32.7 Å². The van der Waals surface area contributed by atoms with Crippen molar-refractivity contribution >= 4 is 17.5 Å². The smallest absolute Gasteiger partial charge is 0.303 e. The number of carboxylic acids is 1. The van der Waals surface area contributed by atoms with Gasteiger partial charge >= 0.3 is 5.97 Å². The highest BCUT2D eigenvalue weighted by Gasteiger charge is 2.28. The number of amidine groups is 1. The maximum absolute atomic E-state index is 10.9. The van der Waals surface area contributed by atoms with Gasteiger partial charge in [0.2, 0.25) is 0 Å². The fraction of sp³-hybridized carbons (Fsp3) is 0.625. The van der Waals surface area contributed by atoms with E-state index in [0.29, 0.717) is 11.8 Å². The Morgan fingerprint density at radius 2 is 1.81 bits per heavy atom. The molecule has 0 aromatic heterocycles. The third-order valence-electron chi connectivity index (χ3n) is 6.59. The maximum atomic E-state index is 10.9. The average molecular weight is 443 g/mol. The lowest BCUT2D eigenvalue weighted by molar-refractivity contribution is -0.138. The quantitative estimate of drug-likeness (QED) is 0.519. The number of nitrogens with zero attached hydrogens (tertiary/aromatic N) is 3. The number of morpholine rings is 1. The van der Waals surface area contributed by atoms with Crippen molar-refractivity contribution in [3.05, 3.63) is 35.4 Å². The van der Waals surface area contributed by atoms with E-state index in [4.69, 9.17) is 20.1 Å². The predicted octanol–water partition coefficient (Wildman–Crippen LogP) is 2.80. The number of hydrogen-bond donors (Lipinski definition) is 2. The van der Waals surface area contributed by atoms with Crippen molar-refractivity contribution in [3.63, 3.8) is 0 Å². The Kier molecular flexibility index (Phi) is 7.10. The minimum absolute atomic E-state index is 0.0373. The number of rotatable bonds is 6. The van der Waals surface area contributed by atoms with E-state index in [0.717, 1.165) is 68.8 Å². The summed E-state index contributed by atoms with van der Waals surface area (Å²) in [5, 5.41) is 21.9. The number of nitrogens with one attached hydrogen (secondary N) is 1. The number of likely N-dealkylation sites (tertiary alicyclic amines) is 1. The first-order valence-corrected chi connectivity index (χ1v) is 11.6. The van der Waals surface area contributed by atoms with Gasteiger partial charge < -0.3 is 19.6 Å². The molecule has 3 aliphatic rings. The molecule has 0 spiro atoms. The summed E-state index contributed by atoms with van der Waals surface area (Å²) in [4.78, 5) is 21.0. The van der Waals surface area contributed by atoms with E-state index in [-0.39, 0.29) is 24.7 Å². The minimum Gasteiger partial charge on any atom is -0.481 e. The van der Waals surface area contributed by atoms with Crippen LogP contribution in [0.15, 0.2) is 29.4 Å². The molecule has 0 aliphatic carbocycles. The molecule has 3 atom stereocenters. The SMILES string of the molecule is CC1CN(C(=N)c2ccc(C3=NOC(CN4CCC(CC(=O)O)CC4)C3)cc2)CC(C)O1. The zero-order valence-electron chi connectivity index (χ0n) is 19.0. The lowest BCUT2D eigenvalue weighted by atomic mass is 9.93. The molecule has 0 bridgehead atoms. The molecule has 2 N–H and O–H groups in total. The summed E-state index contributed by atoms with van der Waals surface area (Å²) in [6.07, 6.45) is 3.20. The molecular weight excluding hydrogens is 408 g/mol. The largest absolute Gasteiger partial charge is 0.481 e. The molecule has 0 amide bonds. The number of aliphatic carboxylic acids is 1. The summed E-state index contributed by atoms with van der Waals surface area (Å²) in [6.45, 7) is 8.23. The van der Waals surface area contributed by atoms with Crippen LogP contribution in [0.5, 0.6) is 0 Å². The first-order chi connectivity index (χ1) is 15.4. The number of carboxylic acid groups (broad SMARTS) is 1. The van der Waals surface area contributed by atoms with Crippen molar-refractivity contribution in [1.82, 2.24) is 9.80 Å². The van der Waals surface area contributed by atoms with Crippen LogP contribution >= 0.6 is 0 Å². The molecule has 0 radical (unpaired) electrons. The zero-order valence-corrected chi connectivity index (χ0v) is 19.0. The summed E-state index contributed by atoms with van der Waals surface area (Å²) < 4.78 is 5.78. The van der Waals surface area contributed by atoms with Crippen LogP contribution in [0.4, 0.5) is 0 Å². The number of benzene rings is 1. The lowest BCUT2D eigenvalue weighted by Crippen LogP contribution is -2.48. The van der Waals surface area contributed by atoms with Crippen molar-refractivity contribution < 1.29 is 19.5 Å². The molecule has 8 nitrogen and oxygen atoms in total. The van der Waals surface area contributed by atoms with Crippen LogP contribution in [0, 0.1) is 11.3 Å². The van der Waals surface area contributed by atoms with Gasteiger partial charge in [-0.15, -0.1) is 0 Å². The summed E-state index contributed by atoms with van der Waals surface area (Å²) >= 11 is 0. The Hall–Kier alpha value is -2.45. The first-order valence-electron chi connectivity index (χ1n) is 11.6. The Morgan fingerprint density at radius 3 is 2.44 bits per heavy atom. The predicted molar refractivity (Wildman–Crippen MR) is 122 cm³/mol. The Labute approximate surface area is 189 Å². The number of ether oxygens (including phenoxy) is 1. The second-order valence-corrected chi connectivity index (χ2v) is 9.40. The average Bonchev–Trinajstić information content (AvgIpc) is 3.22. The third-order valence-corrected chi connectivity index (χ3v) is 6.59. The molecule has 3 aliphatic heterocycles. The minimum atomic E-state index is -0.698. The molecule has 1 aromatic carbocycles. The normalized spacial score (nSPS) is 27.1. The van der Waals surface area contributed by atoms with Crippen LogP contribution in [0.1, 0.15) is 50.7 Å². The van der Waals surface area contributed by atoms with Gasteiger partial charge in [-0.1, -0.05) is 29.4 Å². The van der Waals surface area contributed by atoms with E-state index in [1.165, 1.54) is 0 Å². The molecule has 8 heteroatoms. The van der Waals surface area contributed by atoms with E-state index >= 15 is 0 Å². The van der Waals surface area contributed by atoms with Gasteiger partial charge in [0.15, 0.2) is 0 Å². The van der Waals surface area contributed by atoms with Crippen molar-refractivity contribution in [3.8, 4) is 0 Å². The number of hydrogen-bond acceptors (Lipinski definition) is 6. The molecule has 2 fully saturated rings. The van der Waals surface area contributed by atoms with Gasteiger partial charge in [-0.25, -0.2) is 0 Å². The van der Waals surface area contributed by atoms with Crippen LogP contribution < -0.4 is 0 Å². The van der Waals surface area contributed by atoms with Crippen LogP contribution in [0.2, 0.25) is 0 Å². The highest BCUT2D eigenvalue weighted by molar-refractivity contribution is 6.02. The fourth-order valence-corrected chi connectivity index (χ4v) is 4.97. The Balaban J connectivity index is 1.26. The molecule has 4 rings (SSSR count). The number of oxime groups is 1. The molecule has 0 saturated carbocycles. The molecule has 3 unspecified atom stereocenters. The Bertz CT molecular complexity index is 838. The molecule has 174 valence electrons. The van der Waals surface area contributed by atoms with Gasteiger partial charge in [0.25, 0.3) is 0 Å². The zero-order chi connectivity index (χ0) is 22.7. The highest BCUT2D eigenvalue weighted by atomic mass is 16.6. The summed E-state index contributed by atoms with van der Waals surface area (Å²) in [5.41, 5.74) is 2.88. The van der Waals surface area contributed by atoms with Crippen molar-refractivity contribution in [2.24, 2.45) is 11.1 Å². The number of carbonyl (C=O) groups is 1. The lowest BCUT2D eigenvalue weighted by Gasteiger charge is -2.36. The Morgan fingerprint density at radius 1 is 1.16 bits per heavy atom. The van der Waals surface area contributed by atoms with Gasteiger partial charge in [0.1, 0.15) is 11.9 Å². The number of piperidine rings is 1. The van der Waals surface area contributed by atoms with E-state index in [9.17, 15) is 4.79 Å². The van der Waals surface area contributed by atoms with E-state index in [2.05, 4.69) is 15.0 Å². The van der Waals surface area contributed by atoms with Gasteiger partial charge in [-0.05, 0) is 51.3 Å². The second kappa shape index (κ2) is 10.0. The van der Waals surface area contributed by atoms with Gasteiger partial charge in [0.05, 0.1) is 17.9 Å².